The topological polar surface area (TPSA) is 166 Å². The molecule has 5 amide bonds. The molecule has 0 saturated carbocycles. The van der Waals surface area contributed by atoms with Crippen LogP contribution in [0, 0.1) is 23.7 Å². The molecular weight excluding hydrogens is 622 g/mol. The van der Waals surface area contributed by atoms with Gasteiger partial charge in [-0.15, -0.1) is 0 Å². The van der Waals surface area contributed by atoms with Crippen LogP contribution in [-0.4, -0.2) is 71.0 Å². The number of aliphatic hydroxyl groups excluding tert-OH is 1. The van der Waals surface area contributed by atoms with Crippen molar-refractivity contribution >= 4 is 29.5 Å². The number of benzene rings is 1. The summed E-state index contributed by atoms with van der Waals surface area (Å²) < 4.78 is 0. The molecule has 0 spiro atoms. The fraction of sp³-hybridized carbons (Fsp3) is 0.711. The normalized spacial score (nSPS) is 15.2. The number of aliphatic hydroxyl groups is 1. The Balaban J connectivity index is 3.20. The number of rotatable bonds is 22. The van der Waals surface area contributed by atoms with Crippen molar-refractivity contribution in [2.24, 2.45) is 23.7 Å². The molecule has 0 bridgehead atoms. The van der Waals surface area contributed by atoms with Gasteiger partial charge in [-0.3, -0.25) is 24.0 Å². The third kappa shape index (κ3) is 16.2. The first-order valence-electron chi connectivity index (χ1n) is 18.2. The van der Waals surface area contributed by atoms with E-state index < -0.39 is 48.0 Å². The highest BCUT2D eigenvalue weighted by atomic mass is 16.3. The van der Waals surface area contributed by atoms with E-state index in [1.165, 1.54) is 0 Å². The second-order valence-electron chi connectivity index (χ2n) is 14.6. The second kappa shape index (κ2) is 22.3. The highest BCUT2D eigenvalue weighted by Crippen LogP contribution is 2.14. The maximum absolute atomic E-state index is 13.8. The Morgan fingerprint density at radius 3 is 1.71 bits per heavy atom. The van der Waals surface area contributed by atoms with Gasteiger partial charge in [0.05, 0.1) is 18.6 Å². The zero-order valence-electron chi connectivity index (χ0n) is 31.6. The largest absolute Gasteiger partial charge is 0.390 e. The van der Waals surface area contributed by atoms with Crippen LogP contribution in [0.2, 0.25) is 0 Å². The molecule has 6 atom stereocenters. The SMILES string of the molecule is CCC(CC)NC(=O)[C@@H](NC(=O)CC(O)C(Cc1ccccc1)NC(=O)C(NC(=O)C(CC(C)C)NC(=O)CC(C)C)C(C)C)[C@@H](C)CC. The van der Waals surface area contributed by atoms with Crippen LogP contribution in [0.1, 0.15) is 113 Å². The van der Waals surface area contributed by atoms with E-state index in [1.807, 2.05) is 85.7 Å². The summed E-state index contributed by atoms with van der Waals surface area (Å²) in [6, 6.07) is 5.87. The Hall–Kier alpha value is -3.47. The van der Waals surface area contributed by atoms with E-state index in [9.17, 15) is 29.1 Å². The molecule has 11 heteroatoms. The first-order chi connectivity index (χ1) is 23.0. The average Bonchev–Trinajstić information content (AvgIpc) is 3.03. The van der Waals surface area contributed by atoms with Gasteiger partial charge in [0.25, 0.3) is 0 Å². The molecule has 4 unspecified atom stereocenters. The fourth-order valence-corrected chi connectivity index (χ4v) is 5.59. The van der Waals surface area contributed by atoms with E-state index in [4.69, 9.17) is 0 Å². The summed E-state index contributed by atoms with van der Waals surface area (Å²) in [6.07, 6.45) is 1.47. The van der Waals surface area contributed by atoms with E-state index in [-0.39, 0.29) is 60.8 Å². The van der Waals surface area contributed by atoms with Crippen molar-refractivity contribution in [2.45, 2.75) is 150 Å². The third-order valence-electron chi connectivity index (χ3n) is 8.83. The van der Waals surface area contributed by atoms with Crippen LogP contribution in [-0.2, 0) is 30.4 Å². The molecule has 0 fully saturated rings. The second-order valence-corrected chi connectivity index (χ2v) is 14.6. The number of carbonyl (C=O) groups excluding carboxylic acids is 5. The zero-order valence-corrected chi connectivity index (χ0v) is 31.6. The van der Waals surface area contributed by atoms with Gasteiger partial charge in [-0.2, -0.15) is 0 Å². The molecule has 0 aromatic heterocycles. The molecule has 278 valence electrons. The van der Waals surface area contributed by atoms with Gasteiger partial charge in [-0.05, 0) is 54.9 Å². The molecule has 6 N–H and O–H groups in total. The third-order valence-corrected chi connectivity index (χ3v) is 8.83. The van der Waals surface area contributed by atoms with Crippen molar-refractivity contribution < 1.29 is 29.1 Å². The lowest BCUT2D eigenvalue weighted by Crippen LogP contribution is -2.58. The van der Waals surface area contributed by atoms with Gasteiger partial charge >= 0.3 is 0 Å². The monoisotopic (exact) mass is 687 g/mol. The summed E-state index contributed by atoms with van der Waals surface area (Å²) in [7, 11) is 0. The van der Waals surface area contributed by atoms with Gasteiger partial charge in [-0.1, -0.05) is 106 Å². The van der Waals surface area contributed by atoms with Crippen LogP contribution in [0.15, 0.2) is 30.3 Å². The molecule has 11 nitrogen and oxygen atoms in total. The van der Waals surface area contributed by atoms with E-state index in [1.54, 1.807) is 13.8 Å². The predicted molar refractivity (Wildman–Crippen MR) is 194 cm³/mol. The summed E-state index contributed by atoms with van der Waals surface area (Å²) in [6.45, 7) is 19.2. The summed E-state index contributed by atoms with van der Waals surface area (Å²) in [5, 5.41) is 25.8. The van der Waals surface area contributed by atoms with Gasteiger partial charge in [0, 0.05) is 12.5 Å². The minimum Gasteiger partial charge on any atom is -0.390 e. The lowest BCUT2D eigenvalue weighted by Gasteiger charge is -2.30. The van der Waals surface area contributed by atoms with Gasteiger partial charge in [0.1, 0.15) is 18.1 Å². The molecule has 1 aromatic rings. The highest BCUT2D eigenvalue weighted by Gasteiger charge is 2.33. The van der Waals surface area contributed by atoms with Crippen molar-refractivity contribution in [1.29, 1.82) is 0 Å². The molecule has 49 heavy (non-hydrogen) atoms. The molecule has 1 rings (SSSR count). The van der Waals surface area contributed by atoms with Crippen molar-refractivity contribution in [3.63, 3.8) is 0 Å². The van der Waals surface area contributed by atoms with Gasteiger partial charge in [0.2, 0.25) is 29.5 Å². The Morgan fingerprint density at radius 1 is 0.633 bits per heavy atom. The Kier molecular flexibility index (Phi) is 19.8. The number of nitrogens with one attached hydrogen (secondary N) is 5. The fourth-order valence-electron chi connectivity index (χ4n) is 5.59. The molecule has 1 aromatic carbocycles. The standard InChI is InChI=1S/C38H65N5O6/c1-11-26(10)35(38(49)39-28(12-2)13-3)42-33(46)22-31(44)29(21-27-17-15-14-16-18-27)41-37(48)34(25(8)9)43-36(47)30(19-23(4)5)40-32(45)20-24(6)7/h14-18,23-26,28-31,34-35,44H,11-13,19-22H2,1-10H3,(H,39,49)(H,40,45)(H,41,48)(H,42,46)(H,43,47)/t26-,29?,30?,31?,34?,35-/m0/s1. The van der Waals surface area contributed by atoms with Gasteiger partial charge in [0.15, 0.2) is 0 Å². The molecule has 0 saturated heterocycles. The van der Waals surface area contributed by atoms with E-state index in [2.05, 4.69) is 26.6 Å². The van der Waals surface area contributed by atoms with Crippen LogP contribution in [0.4, 0.5) is 0 Å². The maximum atomic E-state index is 13.8. The summed E-state index contributed by atoms with van der Waals surface area (Å²) in [5.41, 5.74) is 0.837. The van der Waals surface area contributed by atoms with Crippen LogP contribution in [0.5, 0.6) is 0 Å². The van der Waals surface area contributed by atoms with Crippen LogP contribution >= 0.6 is 0 Å². The minimum atomic E-state index is -1.30. The lowest BCUT2D eigenvalue weighted by atomic mass is 9.95. The van der Waals surface area contributed by atoms with Crippen molar-refractivity contribution in [3.05, 3.63) is 35.9 Å². The number of carbonyl (C=O) groups is 5. The molecule has 0 radical (unpaired) electrons. The number of hydrogen-bond donors (Lipinski definition) is 6. The summed E-state index contributed by atoms with van der Waals surface area (Å²) >= 11 is 0. The molecule has 0 heterocycles. The molecule has 0 aliphatic heterocycles. The summed E-state index contributed by atoms with van der Waals surface area (Å²) in [4.78, 5) is 66.3. The van der Waals surface area contributed by atoms with Gasteiger partial charge < -0.3 is 31.7 Å². The van der Waals surface area contributed by atoms with E-state index in [0.717, 1.165) is 18.4 Å². The summed E-state index contributed by atoms with van der Waals surface area (Å²) in [5.74, 6) is -2.18. The number of hydrogen-bond acceptors (Lipinski definition) is 6. The molecule has 0 aliphatic carbocycles. The quantitative estimate of drug-likeness (QED) is 0.108. The van der Waals surface area contributed by atoms with Crippen molar-refractivity contribution in [1.82, 2.24) is 26.6 Å². The van der Waals surface area contributed by atoms with Gasteiger partial charge in [-0.25, -0.2) is 0 Å². The molecule has 0 aliphatic rings. The lowest BCUT2D eigenvalue weighted by molar-refractivity contribution is -0.134. The van der Waals surface area contributed by atoms with E-state index in [0.29, 0.717) is 12.8 Å². The van der Waals surface area contributed by atoms with Crippen LogP contribution in [0.3, 0.4) is 0 Å². The van der Waals surface area contributed by atoms with Crippen molar-refractivity contribution in [3.8, 4) is 0 Å². The Bertz CT molecular complexity index is 1170. The Morgan fingerprint density at radius 2 is 1.20 bits per heavy atom. The zero-order chi connectivity index (χ0) is 37.3. The van der Waals surface area contributed by atoms with E-state index >= 15 is 0 Å². The first-order valence-corrected chi connectivity index (χ1v) is 18.2. The number of amides is 5. The van der Waals surface area contributed by atoms with Crippen LogP contribution in [0.25, 0.3) is 0 Å². The maximum Gasteiger partial charge on any atom is 0.243 e. The average molecular weight is 688 g/mol. The Labute approximate surface area is 294 Å². The first kappa shape index (κ1) is 43.6. The highest BCUT2D eigenvalue weighted by molar-refractivity contribution is 5.92. The molecular formula is C38H65N5O6. The smallest absolute Gasteiger partial charge is 0.243 e. The van der Waals surface area contributed by atoms with Crippen LogP contribution < -0.4 is 26.6 Å². The predicted octanol–water partition coefficient (Wildman–Crippen LogP) is 4.02. The van der Waals surface area contributed by atoms with Crippen molar-refractivity contribution in [2.75, 3.05) is 0 Å². The minimum absolute atomic E-state index is 0.00151.